The quantitative estimate of drug-likeness (QED) is 0.161. The lowest BCUT2D eigenvalue weighted by Crippen LogP contribution is -2.22. The molecule has 6 aromatic rings. The van der Waals surface area contributed by atoms with Crippen LogP contribution in [0.2, 0.25) is 0 Å². The van der Waals surface area contributed by atoms with Gasteiger partial charge in [-0.25, -0.2) is 9.78 Å². The fourth-order valence-corrected chi connectivity index (χ4v) is 6.13. The van der Waals surface area contributed by atoms with Crippen molar-refractivity contribution < 1.29 is 19.4 Å². The Morgan fingerprint density at radius 2 is 1.74 bits per heavy atom. The molecule has 2 heterocycles. The van der Waals surface area contributed by atoms with Crippen molar-refractivity contribution in [2.45, 2.75) is 25.2 Å². The zero-order valence-electron chi connectivity index (χ0n) is 22.9. The second-order valence-corrected chi connectivity index (χ2v) is 11.2. The SMILES string of the molecule is COC(=O)c1cc2cccnc2cn1.O=C1CCc2c(ccc3c2c(O)cc2cc(Br)ccc23)C1Cc1ccccc1. The Kier molecular flexibility index (Phi) is 7.68. The van der Waals surface area contributed by atoms with Crippen molar-refractivity contribution >= 4 is 60.1 Å². The van der Waals surface area contributed by atoms with Gasteiger partial charge in [-0.1, -0.05) is 70.5 Å². The molecule has 208 valence electrons. The van der Waals surface area contributed by atoms with Crippen LogP contribution >= 0.6 is 15.9 Å². The Labute approximate surface area is 251 Å². The Hall–Kier alpha value is -4.62. The van der Waals surface area contributed by atoms with Crippen LogP contribution in [0.15, 0.2) is 102 Å². The minimum Gasteiger partial charge on any atom is -0.507 e. The number of hydrogen-bond acceptors (Lipinski definition) is 6. The summed E-state index contributed by atoms with van der Waals surface area (Å²) in [5.41, 5.74) is 4.43. The summed E-state index contributed by atoms with van der Waals surface area (Å²) in [6.07, 6.45) is 5.16. The molecule has 0 amide bonds. The molecule has 1 aliphatic carbocycles. The summed E-state index contributed by atoms with van der Waals surface area (Å²) >= 11 is 3.51. The van der Waals surface area contributed by atoms with E-state index >= 15 is 0 Å². The standard InChI is InChI=1S/C25H19BrO2.C10H8N2O2/c26-17-6-7-18-16(13-17)14-24(28)25-20(18)9-8-19-21(25)10-11-23(27)22(19)12-15-4-2-1-3-5-15;1-14-10(13)8-5-7-3-2-4-11-9(7)6-12-8/h1-9,13-14,22,28H,10-12H2;2-6H,1H3. The van der Waals surface area contributed by atoms with Gasteiger partial charge < -0.3 is 9.84 Å². The first-order valence-corrected chi connectivity index (χ1v) is 14.4. The maximum absolute atomic E-state index is 12.8. The molecule has 42 heavy (non-hydrogen) atoms. The number of hydrogen-bond donors (Lipinski definition) is 1. The number of carbonyl (C=O) groups excluding carboxylic acids is 2. The van der Waals surface area contributed by atoms with Gasteiger partial charge in [-0.15, -0.1) is 0 Å². The zero-order chi connectivity index (χ0) is 29.2. The Balaban J connectivity index is 0.000000189. The molecule has 0 radical (unpaired) electrons. The summed E-state index contributed by atoms with van der Waals surface area (Å²) in [5, 5.41) is 15.8. The summed E-state index contributed by atoms with van der Waals surface area (Å²) in [6, 6.07) is 27.7. The predicted octanol–water partition coefficient (Wildman–Crippen LogP) is 7.72. The number of nitrogens with zero attached hydrogens (tertiary/aromatic N) is 2. The number of ether oxygens (including phenoxy) is 1. The molecule has 0 saturated carbocycles. The lowest BCUT2D eigenvalue weighted by atomic mass is 9.76. The number of rotatable bonds is 3. The highest BCUT2D eigenvalue weighted by atomic mass is 79.9. The highest BCUT2D eigenvalue weighted by molar-refractivity contribution is 9.10. The maximum Gasteiger partial charge on any atom is 0.356 e. The van der Waals surface area contributed by atoms with E-state index in [0.29, 0.717) is 36.5 Å². The molecule has 0 fully saturated rings. The van der Waals surface area contributed by atoms with Crippen LogP contribution in [0.3, 0.4) is 0 Å². The molecular weight excluding hydrogens is 592 g/mol. The number of aromatic nitrogens is 2. The first-order valence-electron chi connectivity index (χ1n) is 13.7. The molecule has 0 aliphatic heterocycles. The van der Waals surface area contributed by atoms with Crippen LogP contribution in [0.1, 0.15) is 39.5 Å². The average molecular weight is 620 g/mol. The van der Waals surface area contributed by atoms with E-state index in [2.05, 4.69) is 61.0 Å². The van der Waals surface area contributed by atoms with E-state index in [1.165, 1.54) is 12.7 Å². The van der Waals surface area contributed by atoms with E-state index in [1.54, 1.807) is 18.5 Å². The molecule has 7 heteroatoms. The number of ketones is 1. The van der Waals surface area contributed by atoms with Gasteiger partial charge in [0.05, 0.1) is 18.8 Å². The first-order chi connectivity index (χ1) is 20.4. The number of phenols is 1. The van der Waals surface area contributed by atoms with Gasteiger partial charge in [0.1, 0.15) is 17.2 Å². The number of methoxy groups -OCH3 is 1. The van der Waals surface area contributed by atoms with Crippen LogP contribution in [0.25, 0.3) is 32.4 Å². The normalized spacial score (nSPS) is 14.3. The van der Waals surface area contributed by atoms with Crippen LogP contribution in [0.4, 0.5) is 0 Å². The summed E-state index contributed by atoms with van der Waals surface area (Å²) in [5.74, 6) is 0.0106. The van der Waals surface area contributed by atoms with Gasteiger partial charge >= 0.3 is 5.97 Å². The number of esters is 1. The number of aryl methyl sites for hydroxylation is 1. The Morgan fingerprint density at radius 3 is 2.55 bits per heavy atom. The van der Waals surface area contributed by atoms with Crippen molar-refractivity contribution in [1.29, 1.82) is 0 Å². The van der Waals surface area contributed by atoms with Crippen molar-refractivity contribution in [3.05, 3.63) is 124 Å². The molecule has 4 aromatic carbocycles. The van der Waals surface area contributed by atoms with Crippen molar-refractivity contribution in [1.82, 2.24) is 9.97 Å². The number of fused-ring (bicyclic) bond motifs is 6. The molecule has 1 unspecified atom stereocenters. The molecule has 1 N–H and O–H groups in total. The monoisotopic (exact) mass is 618 g/mol. The molecule has 0 saturated heterocycles. The Morgan fingerprint density at radius 1 is 0.929 bits per heavy atom. The van der Waals surface area contributed by atoms with Crippen LogP contribution in [-0.2, 0) is 22.4 Å². The van der Waals surface area contributed by atoms with Gasteiger partial charge in [0.2, 0.25) is 0 Å². The summed E-state index contributed by atoms with van der Waals surface area (Å²) in [4.78, 5) is 31.9. The van der Waals surface area contributed by atoms with E-state index in [4.69, 9.17) is 0 Å². The first kappa shape index (κ1) is 27.5. The number of aromatic hydroxyl groups is 1. The third-order valence-corrected chi connectivity index (χ3v) is 8.25. The zero-order valence-corrected chi connectivity index (χ0v) is 24.5. The van der Waals surface area contributed by atoms with E-state index in [0.717, 1.165) is 48.0 Å². The molecule has 7 rings (SSSR count). The van der Waals surface area contributed by atoms with E-state index in [1.807, 2.05) is 48.5 Å². The third kappa shape index (κ3) is 5.35. The fraction of sp³-hybridized carbons (Fsp3) is 0.143. The molecule has 1 aliphatic rings. The lowest BCUT2D eigenvalue weighted by molar-refractivity contribution is -0.120. The number of benzene rings is 4. The number of carbonyl (C=O) groups is 2. The second kappa shape index (κ2) is 11.7. The summed E-state index contributed by atoms with van der Waals surface area (Å²) < 4.78 is 5.55. The Bertz CT molecular complexity index is 1970. The van der Waals surface area contributed by atoms with Crippen LogP contribution in [0.5, 0.6) is 5.75 Å². The van der Waals surface area contributed by atoms with Gasteiger partial charge in [-0.05, 0) is 76.0 Å². The molecule has 0 bridgehead atoms. The number of phenolic OH excluding ortho intramolecular Hbond substituents is 1. The van der Waals surface area contributed by atoms with Gasteiger partial charge in [0, 0.05) is 33.8 Å². The van der Waals surface area contributed by atoms with Crippen molar-refractivity contribution in [3.63, 3.8) is 0 Å². The van der Waals surface area contributed by atoms with Gasteiger partial charge in [-0.3, -0.25) is 9.78 Å². The molecule has 6 nitrogen and oxygen atoms in total. The molecule has 2 aromatic heterocycles. The molecular formula is C35H27BrN2O4. The highest BCUT2D eigenvalue weighted by Crippen LogP contribution is 2.42. The van der Waals surface area contributed by atoms with E-state index in [-0.39, 0.29) is 5.92 Å². The molecule has 1 atom stereocenters. The van der Waals surface area contributed by atoms with Crippen LogP contribution in [-0.4, -0.2) is 33.9 Å². The van der Waals surface area contributed by atoms with Gasteiger partial charge in [-0.2, -0.15) is 0 Å². The fourth-order valence-electron chi connectivity index (χ4n) is 5.76. The number of Topliss-reactive ketones (excluding diaryl/α,β-unsaturated/α-hetero) is 1. The summed E-state index contributed by atoms with van der Waals surface area (Å²) in [6.45, 7) is 0. The maximum atomic E-state index is 12.8. The number of pyridine rings is 2. The van der Waals surface area contributed by atoms with Crippen molar-refractivity contribution in [2.24, 2.45) is 0 Å². The third-order valence-electron chi connectivity index (χ3n) is 7.75. The van der Waals surface area contributed by atoms with Crippen LogP contribution < -0.4 is 0 Å². The lowest BCUT2D eigenvalue weighted by Gasteiger charge is -2.26. The smallest absolute Gasteiger partial charge is 0.356 e. The largest absolute Gasteiger partial charge is 0.507 e. The van der Waals surface area contributed by atoms with Gasteiger partial charge in [0.15, 0.2) is 0 Å². The topological polar surface area (TPSA) is 89.4 Å². The van der Waals surface area contributed by atoms with E-state index < -0.39 is 5.97 Å². The highest BCUT2D eigenvalue weighted by Gasteiger charge is 2.30. The second-order valence-electron chi connectivity index (χ2n) is 10.3. The number of halogens is 1. The van der Waals surface area contributed by atoms with Crippen LogP contribution in [0, 0.1) is 0 Å². The van der Waals surface area contributed by atoms with Crippen molar-refractivity contribution in [3.8, 4) is 5.75 Å². The van der Waals surface area contributed by atoms with E-state index in [9.17, 15) is 14.7 Å². The average Bonchev–Trinajstić information content (AvgIpc) is 3.02. The van der Waals surface area contributed by atoms with Crippen molar-refractivity contribution in [2.75, 3.05) is 7.11 Å². The minimum atomic E-state index is -0.434. The van der Waals surface area contributed by atoms with Gasteiger partial charge in [0.25, 0.3) is 0 Å². The molecule has 0 spiro atoms. The summed E-state index contributed by atoms with van der Waals surface area (Å²) in [7, 11) is 1.33. The minimum absolute atomic E-state index is 0.143. The predicted molar refractivity (Wildman–Crippen MR) is 168 cm³/mol.